The summed E-state index contributed by atoms with van der Waals surface area (Å²) in [5.41, 5.74) is 1.23. The number of carbonyl (C=O) groups is 2. The molecule has 1 aliphatic rings. The van der Waals surface area contributed by atoms with Crippen LogP contribution in [-0.4, -0.2) is 44.5 Å². The Hall–Kier alpha value is -3.09. The van der Waals surface area contributed by atoms with Gasteiger partial charge in [-0.15, -0.1) is 0 Å². The molecule has 1 N–H and O–H groups in total. The average molecular weight is 353 g/mol. The topological polar surface area (TPSA) is 88.6 Å². The fraction of sp³-hybridized carbons (Fsp3) is 0.316. The Morgan fingerprint density at radius 1 is 1.19 bits per heavy atom. The molecule has 0 spiro atoms. The summed E-state index contributed by atoms with van der Waals surface area (Å²) in [5, 5.41) is 10.0. The lowest BCUT2D eigenvalue weighted by atomic mass is 9.86. The van der Waals surface area contributed by atoms with E-state index in [-0.39, 0.29) is 5.91 Å². The summed E-state index contributed by atoms with van der Waals surface area (Å²) in [7, 11) is 0. The van der Waals surface area contributed by atoms with Crippen molar-refractivity contribution >= 4 is 22.9 Å². The number of para-hydroxylation sites is 2. The van der Waals surface area contributed by atoms with Crippen molar-refractivity contribution in [3.8, 4) is 0 Å². The summed E-state index contributed by atoms with van der Waals surface area (Å²) in [5.74, 6) is -0.773. The zero-order valence-corrected chi connectivity index (χ0v) is 14.4. The number of carboxylic acid groups (broad SMARTS) is 1. The minimum absolute atomic E-state index is 0.193. The molecular formula is C19H19N3O4. The maximum Gasteiger partial charge on any atom is 0.330 e. The van der Waals surface area contributed by atoms with Gasteiger partial charge in [-0.1, -0.05) is 12.1 Å². The molecule has 7 heteroatoms. The van der Waals surface area contributed by atoms with Crippen LogP contribution in [0, 0.1) is 6.92 Å². The number of amides is 1. The van der Waals surface area contributed by atoms with Gasteiger partial charge in [-0.05, 0) is 38.0 Å². The van der Waals surface area contributed by atoms with Crippen LogP contribution in [-0.2, 0) is 10.3 Å². The van der Waals surface area contributed by atoms with Crippen LogP contribution in [0.2, 0.25) is 0 Å². The molecule has 1 aromatic carbocycles. The predicted octanol–water partition coefficient (Wildman–Crippen LogP) is 2.65. The number of piperidine rings is 1. The average Bonchev–Trinajstić information content (AvgIpc) is 3.27. The lowest BCUT2D eigenvalue weighted by molar-refractivity contribution is -0.149. The maximum atomic E-state index is 12.6. The number of aryl methyl sites for hydroxylation is 1. The summed E-state index contributed by atoms with van der Waals surface area (Å²) in [6, 6.07) is 9.22. The van der Waals surface area contributed by atoms with Crippen LogP contribution in [0.15, 0.2) is 47.3 Å². The predicted molar refractivity (Wildman–Crippen MR) is 93.9 cm³/mol. The summed E-state index contributed by atoms with van der Waals surface area (Å²) in [6.07, 6.45) is 3.71. The number of fused-ring (bicyclic) bond motifs is 1. The van der Waals surface area contributed by atoms with Crippen molar-refractivity contribution in [2.45, 2.75) is 25.3 Å². The van der Waals surface area contributed by atoms with Crippen LogP contribution < -0.4 is 0 Å². The van der Waals surface area contributed by atoms with Gasteiger partial charge >= 0.3 is 5.97 Å². The monoisotopic (exact) mass is 353 g/mol. The van der Waals surface area contributed by atoms with Crippen molar-refractivity contribution < 1.29 is 19.1 Å². The van der Waals surface area contributed by atoms with Gasteiger partial charge in [0, 0.05) is 18.7 Å². The van der Waals surface area contributed by atoms with E-state index in [0.29, 0.717) is 31.7 Å². The number of aliphatic carboxylic acids is 1. The second-order valence-electron chi connectivity index (χ2n) is 6.66. The standard InChI is InChI=1S/C19H19N3O4/c1-13-6-11-26-16(13)17(23)21-9-7-19(8-10-21,18(24)25)22-12-20-14-4-2-3-5-15(14)22/h2-6,11-12H,7-10H2,1H3,(H,24,25). The molecule has 2 aromatic heterocycles. The maximum absolute atomic E-state index is 12.6. The molecule has 3 heterocycles. The van der Waals surface area contributed by atoms with Gasteiger partial charge in [0.15, 0.2) is 5.76 Å². The van der Waals surface area contributed by atoms with Crippen molar-refractivity contribution in [1.29, 1.82) is 0 Å². The minimum atomic E-state index is -1.11. The Labute approximate surface area is 149 Å². The Morgan fingerprint density at radius 3 is 2.58 bits per heavy atom. The van der Waals surface area contributed by atoms with Crippen molar-refractivity contribution in [2.24, 2.45) is 0 Å². The lowest BCUT2D eigenvalue weighted by Gasteiger charge is -2.39. The summed E-state index contributed by atoms with van der Waals surface area (Å²) in [6.45, 7) is 2.51. The van der Waals surface area contributed by atoms with Gasteiger partial charge in [0.2, 0.25) is 0 Å². The van der Waals surface area contributed by atoms with Crippen molar-refractivity contribution in [1.82, 2.24) is 14.5 Å². The number of aromatic nitrogens is 2. The highest BCUT2D eigenvalue weighted by Crippen LogP contribution is 2.34. The zero-order chi connectivity index (χ0) is 18.3. The Bertz CT molecular complexity index is 980. The van der Waals surface area contributed by atoms with Crippen LogP contribution in [0.1, 0.15) is 29.0 Å². The first-order chi connectivity index (χ1) is 12.5. The molecule has 1 saturated heterocycles. The normalized spacial score (nSPS) is 16.7. The van der Waals surface area contributed by atoms with Crippen molar-refractivity contribution in [3.63, 3.8) is 0 Å². The SMILES string of the molecule is Cc1ccoc1C(=O)N1CCC(C(=O)O)(n2cnc3ccccc32)CC1. The molecule has 26 heavy (non-hydrogen) atoms. The van der Waals surface area contributed by atoms with E-state index in [4.69, 9.17) is 4.42 Å². The van der Waals surface area contributed by atoms with Crippen LogP contribution in [0.5, 0.6) is 0 Å². The number of imidazole rings is 1. The number of hydrogen-bond donors (Lipinski definition) is 1. The quantitative estimate of drug-likeness (QED) is 0.782. The van der Waals surface area contributed by atoms with E-state index in [0.717, 1.165) is 16.6 Å². The number of likely N-dealkylation sites (tertiary alicyclic amines) is 1. The van der Waals surface area contributed by atoms with E-state index < -0.39 is 11.5 Å². The smallest absolute Gasteiger partial charge is 0.330 e. The third kappa shape index (κ3) is 2.39. The van der Waals surface area contributed by atoms with Gasteiger partial charge in [-0.25, -0.2) is 9.78 Å². The van der Waals surface area contributed by atoms with Gasteiger partial charge in [0.1, 0.15) is 5.54 Å². The van der Waals surface area contributed by atoms with E-state index >= 15 is 0 Å². The summed E-state index contributed by atoms with van der Waals surface area (Å²) < 4.78 is 7.03. The zero-order valence-electron chi connectivity index (χ0n) is 14.4. The summed E-state index contributed by atoms with van der Waals surface area (Å²) in [4.78, 5) is 30.8. The first-order valence-corrected chi connectivity index (χ1v) is 8.52. The van der Waals surface area contributed by atoms with E-state index in [1.54, 1.807) is 21.9 Å². The molecule has 0 radical (unpaired) electrons. The van der Waals surface area contributed by atoms with Gasteiger partial charge in [0.25, 0.3) is 5.91 Å². The lowest BCUT2D eigenvalue weighted by Crippen LogP contribution is -2.52. The third-order valence-electron chi connectivity index (χ3n) is 5.25. The molecule has 0 unspecified atom stereocenters. The molecule has 4 rings (SSSR count). The van der Waals surface area contributed by atoms with E-state index in [2.05, 4.69) is 4.98 Å². The van der Waals surface area contributed by atoms with Crippen LogP contribution in [0.4, 0.5) is 0 Å². The molecule has 3 aromatic rings. The van der Waals surface area contributed by atoms with E-state index in [1.165, 1.54) is 6.26 Å². The Morgan fingerprint density at radius 2 is 1.92 bits per heavy atom. The molecule has 1 aliphatic heterocycles. The van der Waals surface area contributed by atoms with Gasteiger partial charge in [0.05, 0.1) is 23.6 Å². The Kier molecular flexibility index (Phi) is 3.79. The molecule has 0 saturated carbocycles. The number of benzene rings is 1. The number of hydrogen-bond acceptors (Lipinski definition) is 4. The molecule has 7 nitrogen and oxygen atoms in total. The molecule has 0 bridgehead atoms. The Balaban J connectivity index is 1.63. The number of furan rings is 1. The van der Waals surface area contributed by atoms with Crippen LogP contribution in [0.25, 0.3) is 11.0 Å². The van der Waals surface area contributed by atoms with Crippen LogP contribution in [0.3, 0.4) is 0 Å². The van der Waals surface area contributed by atoms with Crippen molar-refractivity contribution in [3.05, 3.63) is 54.2 Å². The fourth-order valence-corrected chi connectivity index (χ4v) is 3.67. The fourth-order valence-electron chi connectivity index (χ4n) is 3.67. The first kappa shape index (κ1) is 16.4. The molecule has 0 atom stereocenters. The molecule has 134 valence electrons. The van der Waals surface area contributed by atoms with Gasteiger partial charge in [-0.3, -0.25) is 4.79 Å². The highest BCUT2D eigenvalue weighted by atomic mass is 16.4. The number of carboxylic acids is 1. The number of nitrogens with zero attached hydrogens (tertiary/aromatic N) is 3. The third-order valence-corrected chi connectivity index (χ3v) is 5.25. The van der Waals surface area contributed by atoms with Gasteiger partial charge in [-0.2, -0.15) is 0 Å². The van der Waals surface area contributed by atoms with Crippen molar-refractivity contribution in [2.75, 3.05) is 13.1 Å². The first-order valence-electron chi connectivity index (χ1n) is 8.52. The molecule has 1 fully saturated rings. The van der Waals surface area contributed by atoms with Crippen LogP contribution >= 0.6 is 0 Å². The highest BCUT2D eigenvalue weighted by Gasteiger charge is 2.45. The second kappa shape index (κ2) is 6.01. The number of carbonyl (C=O) groups excluding carboxylic acids is 1. The largest absolute Gasteiger partial charge is 0.479 e. The highest BCUT2D eigenvalue weighted by molar-refractivity contribution is 5.93. The number of rotatable bonds is 3. The molecule has 1 amide bonds. The second-order valence-corrected chi connectivity index (χ2v) is 6.66. The van der Waals surface area contributed by atoms with E-state index in [1.807, 2.05) is 31.2 Å². The molecule has 0 aliphatic carbocycles. The molecular weight excluding hydrogens is 334 g/mol. The van der Waals surface area contributed by atoms with Gasteiger partial charge < -0.3 is 19.0 Å². The minimum Gasteiger partial charge on any atom is -0.479 e. The summed E-state index contributed by atoms with van der Waals surface area (Å²) >= 11 is 0. The van der Waals surface area contributed by atoms with E-state index in [9.17, 15) is 14.7 Å².